The van der Waals surface area contributed by atoms with E-state index in [1.807, 2.05) is 0 Å². The first kappa shape index (κ1) is 17.9. The third-order valence-corrected chi connectivity index (χ3v) is 4.99. The molecule has 1 aromatic carbocycles. The minimum Gasteiger partial charge on any atom is -0.316 e. The van der Waals surface area contributed by atoms with Gasteiger partial charge >= 0.3 is 6.18 Å². The van der Waals surface area contributed by atoms with E-state index in [1.54, 1.807) is 0 Å². The summed E-state index contributed by atoms with van der Waals surface area (Å²) in [6, 6.07) is 3.57. The smallest absolute Gasteiger partial charge is 0.316 e. The van der Waals surface area contributed by atoms with Gasteiger partial charge in [-0.1, -0.05) is 11.6 Å². The average molecular weight is 355 g/mol. The van der Waals surface area contributed by atoms with Gasteiger partial charge in [-0.15, -0.1) is 12.4 Å². The van der Waals surface area contributed by atoms with E-state index < -0.39 is 11.7 Å². The summed E-state index contributed by atoms with van der Waals surface area (Å²) in [6.45, 7) is 4.41. The molecule has 2 aliphatic heterocycles. The van der Waals surface area contributed by atoms with Gasteiger partial charge in [0.2, 0.25) is 0 Å². The Hall–Kier alpha value is -0.490. The number of alkyl halides is 3. The minimum atomic E-state index is -4.32. The lowest BCUT2D eigenvalue weighted by Gasteiger charge is -2.23. The molecule has 2 fully saturated rings. The lowest BCUT2D eigenvalue weighted by Crippen LogP contribution is -2.29. The number of nitrogens with one attached hydrogen (secondary N) is 1. The van der Waals surface area contributed by atoms with Gasteiger partial charge in [0.25, 0.3) is 0 Å². The fraction of sp³-hybridized carbons (Fsp3) is 0.600. The number of nitrogens with zero attached hydrogens (tertiary/aromatic N) is 1. The lowest BCUT2D eigenvalue weighted by atomic mass is 9.86. The van der Waals surface area contributed by atoms with Crippen LogP contribution >= 0.6 is 24.0 Å². The highest BCUT2D eigenvalue weighted by atomic mass is 35.5. The van der Waals surface area contributed by atoms with Gasteiger partial charge in [-0.25, -0.2) is 0 Å². The Kier molecular flexibility index (Phi) is 5.32. The van der Waals surface area contributed by atoms with Crippen LogP contribution in [0.5, 0.6) is 0 Å². The van der Waals surface area contributed by atoms with Gasteiger partial charge in [0, 0.05) is 24.7 Å². The van der Waals surface area contributed by atoms with Gasteiger partial charge < -0.3 is 5.32 Å². The molecule has 2 aliphatic rings. The molecule has 2 heterocycles. The van der Waals surface area contributed by atoms with Crippen LogP contribution in [0.25, 0.3) is 0 Å². The quantitative estimate of drug-likeness (QED) is 0.864. The fourth-order valence-corrected chi connectivity index (χ4v) is 3.60. The number of rotatable bonds is 2. The van der Waals surface area contributed by atoms with Crippen LogP contribution < -0.4 is 5.32 Å². The molecule has 0 saturated carbocycles. The van der Waals surface area contributed by atoms with E-state index in [0.717, 1.165) is 45.1 Å². The van der Waals surface area contributed by atoms with Crippen LogP contribution in [0.15, 0.2) is 18.2 Å². The van der Waals surface area contributed by atoms with E-state index in [4.69, 9.17) is 11.6 Å². The third kappa shape index (κ3) is 3.70. The normalized spacial score (nSPS) is 25.6. The Morgan fingerprint density at radius 2 is 2.05 bits per heavy atom. The first-order valence-electron chi connectivity index (χ1n) is 7.17. The molecule has 1 atom stereocenters. The van der Waals surface area contributed by atoms with Crippen molar-refractivity contribution in [2.45, 2.75) is 25.6 Å². The second-order valence-electron chi connectivity index (χ2n) is 6.19. The van der Waals surface area contributed by atoms with Crippen LogP contribution in [-0.4, -0.2) is 31.1 Å². The Balaban J connectivity index is 0.00000176. The van der Waals surface area contributed by atoms with E-state index >= 15 is 0 Å². The van der Waals surface area contributed by atoms with Crippen molar-refractivity contribution in [2.75, 3.05) is 26.2 Å². The highest BCUT2D eigenvalue weighted by Gasteiger charge is 2.40. The van der Waals surface area contributed by atoms with E-state index in [9.17, 15) is 13.2 Å². The Morgan fingerprint density at radius 1 is 1.27 bits per heavy atom. The summed E-state index contributed by atoms with van der Waals surface area (Å²) in [6.07, 6.45) is -2.06. The standard InChI is InChI=1S/C15H18ClF3N2.ClH/c16-13-2-1-12(15(17,18)19)7-11(13)8-21-6-4-14(10-21)3-5-20-9-14;/h1-2,7,20H,3-6,8-10H2;1H. The molecule has 22 heavy (non-hydrogen) atoms. The molecule has 0 radical (unpaired) electrons. The van der Waals surface area contributed by atoms with Crippen molar-refractivity contribution in [1.29, 1.82) is 0 Å². The first-order chi connectivity index (χ1) is 9.88. The zero-order valence-corrected chi connectivity index (χ0v) is 13.6. The summed E-state index contributed by atoms with van der Waals surface area (Å²) in [5.74, 6) is 0. The highest BCUT2D eigenvalue weighted by Crippen LogP contribution is 2.38. The Labute approximate surface area is 139 Å². The summed E-state index contributed by atoms with van der Waals surface area (Å²) in [5, 5.41) is 3.79. The van der Waals surface area contributed by atoms with Crippen LogP contribution in [0.4, 0.5) is 13.2 Å². The summed E-state index contributed by atoms with van der Waals surface area (Å²) in [4.78, 5) is 2.22. The van der Waals surface area contributed by atoms with Crippen molar-refractivity contribution in [1.82, 2.24) is 10.2 Å². The van der Waals surface area contributed by atoms with Crippen molar-refractivity contribution in [2.24, 2.45) is 5.41 Å². The van der Waals surface area contributed by atoms with Crippen molar-refractivity contribution in [3.63, 3.8) is 0 Å². The van der Waals surface area contributed by atoms with E-state index in [-0.39, 0.29) is 12.4 Å². The van der Waals surface area contributed by atoms with Crippen LogP contribution in [-0.2, 0) is 12.7 Å². The second-order valence-corrected chi connectivity index (χ2v) is 6.60. The molecule has 1 spiro atoms. The van der Waals surface area contributed by atoms with Gasteiger partial charge in [-0.05, 0) is 55.1 Å². The molecule has 1 N–H and O–H groups in total. The molecule has 0 amide bonds. The molecule has 1 unspecified atom stereocenters. The van der Waals surface area contributed by atoms with Crippen LogP contribution in [0.1, 0.15) is 24.0 Å². The van der Waals surface area contributed by atoms with E-state index in [1.165, 1.54) is 12.1 Å². The molecule has 7 heteroatoms. The molecule has 3 rings (SSSR count). The van der Waals surface area contributed by atoms with Gasteiger partial charge in [0.15, 0.2) is 0 Å². The largest absolute Gasteiger partial charge is 0.416 e. The number of likely N-dealkylation sites (tertiary alicyclic amines) is 1. The predicted molar refractivity (Wildman–Crippen MR) is 83.5 cm³/mol. The molecule has 0 aromatic heterocycles. The number of halogens is 5. The molecule has 2 saturated heterocycles. The zero-order chi connectivity index (χ0) is 15.1. The van der Waals surface area contributed by atoms with Gasteiger partial charge in [-0.3, -0.25) is 4.90 Å². The first-order valence-corrected chi connectivity index (χ1v) is 7.55. The maximum Gasteiger partial charge on any atom is 0.416 e. The van der Waals surface area contributed by atoms with Gasteiger partial charge in [0.05, 0.1) is 5.56 Å². The van der Waals surface area contributed by atoms with Crippen LogP contribution in [0.2, 0.25) is 5.02 Å². The summed E-state index contributed by atoms with van der Waals surface area (Å²) < 4.78 is 38.4. The van der Waals surface area contributed by atoms with Crippen molar-refractivity contribution >= 4 is 24.0 Å². The Morgan fingerprint density at radius 3 is 2.68 bits per heavy atom. The molecule has 124 valence electrons. The van der Waals surface area contributed by atoms with E-state index in [0.29, 0.717) is 22.5 Å². The average Bonchev–Trinajstić information content (AvgIpc) is 3.02. The van der Waals surface area contributed by atoms with Crippen molar-refractivity contribution in [3.05, 3.63) is 34.3 Å². The van der Waals surface area contributed by atoms with Crippen molar-refractivity contribution < 1.29 is 13.2 Å². The SMILES string of the molecule is Cl.FC(F)(F)c1ccc(Cl)c(CN2CCC3(CCNC3)C2)c1. The zero-order valence-electron chi connectivity index (χ0n) is 12.0. The van der Waals surface area contributed by atoms with Crippen LogP contribution in [0.3, 0.4) is 0 Å². The molecule has 0 bridgehead atoms. The van der Waals surface area contributed by atoms with Gasteiger partial charge in [0.1, 0.15) is 0 Å². The summed E-state index contributed by atoms with van der Waals surface area (Å²) in [7, 11) is 0. The molecule has 2 nitrogen and oxygen atoms in total. The topological polar surface area (TPSA) is 15.3 Å². The molecular formula is C15H19Cl2F3N2. The fourth-order valence-electron chi connectivity index (χ4n) is 3.42. The van der Waals surface area contributed by atoms with Crippen LogP contribution in [0, 0.1) is 5.41 Å². The molecule has 1 aromatic rings. The van der Waals surface area contributed by atoms with E-state index in [2.05, 4.69) is 10.2 Å². The predicted octanol–water partition coefficient (Wildman–Crippen LogP) is 3.97. The number of benzene rings is 1. The summed E-state index contributed by atoms with van der Waals surface area (Å²) >= 11 is 6.07. The lowest BCUT2D eigenvalue weighted by molar-refractivity contribution is -0.137. The Bertz CT molecular complexity index is 528. The number of hydrogen-bond donors (Lipinski definition) is 1. The summed E-state index contributed by atoms with van der Waals surface area (Å²) in [5.41, 5.74) is 0.251. The van der Waals surface area contributed by atoms with Crippen molar-refractivity contribution in [3.8, 4) is 0 Å². The minimum absolute atomic E-state index is 0. The monoisotopic (exact) mass is 354 g/mol. The second kappa shape index (κ2) is 6.56. The maximum atomic E-state index is 12.8. The highest BCUT2D eigenvalue weighted by molar-refractivity contribution is 6.31. The maximum absolute atomic E-state index is 12.8. The molecule has 0 aliphatic carbocycles. The molecular weight excluding hydrogens is 336 g/mol. The third-order valence-electron chi connectivity index (χ3n) is 4.62. The number of hydrogen-bond acceptors (Lipinski definition) is 2. The van der Waals surface area contributed by atoms with Gasteiger partial charge in [-0.2, -0.15) is 13.2 Å².